The van der Waals surface area contributed by atoms with Crippen LogP contribution in [0.25, 0.3) is 11.4 Å². The number of carbonyl (C=O) groups excluding carboxylic acids is 3. The fourth-order valence-corrected chi connectivity index (χ4v) is 4.02. The van der Waals surface area contributed by atoms with Crippen LogP contribution in [0, 0.1) is 0 Å². The summed E-state index contributed by atoms with van der Waals surface area (Å²) in [5.74, 6) is -1.25. The average molecular weight is 541 g/mol. The summed E-state index contributed by atoms with van der Waals surface area (Å²) in [5, 5.41) is 16.6. The van der Waals surface area contributed by atoms with Gasteiger partial charge in [0, 0.05) is 37.2 Å². The van der Waals surface area contributed by atoms with Gasteiger partial charge >= 0.3 is 12.1 Å². The van der Waals surface area contributed by atoms with Gasteiger partial charge in [-0.1, -0.05) is 30.3 Å². The zero-order valence-corrected chi connectivity index (χ0v) is 21.7. The molecule has 39 heavy (non-hydrogen) atoms. The lowest BCUT2D eigenvalue weighted by molar-refractivity contribution is -0.157. The molecular formula is C26H32N6O7. The molecule has 208 valence electrons. The largest absolute Gasteiger partial charge is 0.527 e. The Labute approximate surface area is 225 Å². The van der Waals surface area contributed by atoms with Gasteiger partial charge in [0.25, 0.3) is 5.91 Å². The Bertz CT molecular complexity index is 1180. The highest BCUT2D eigenvalue weighted by Gasteiger charge is 2.31. The molecule has 1 saturated heterocycles. The first-order valence-corrected chi connectivity index (χ1v) is 12.9. The Morgan fingerprint density at radius 2 is 1.79 bits per heavy atom. The maximum atomic E-state index is 13.3. The molecule has 1 aromatic carbocycles. The molecule has 4 rings (SSSR count). The number of hydrogen-bond acceptors (Lipinski definition) is 10. The minimum Gasteiger partial charge on any atom is -0.481 e. The van der Waals surface area contributed by atoms with Crippen LogP contribution in [0.4, 0.5) is 10.6 Å². The van der Waals surface area contributed by atoms with Crippen LogP contribution in [0.1, 0.15) is 43.1 Å². The molecule has 2 aliphatic rings. The van der Waals surface area contributed by atoms with Crippen LogP contribution in [-0.4, -0.2) is 93.8 Å². The second-order valence-electron chi connectivity index (χ2n) is 9.23. The van der Waals surface area contributed by atoms with Crippen molar-refractivity contribution in [3.8, 4) is 11.4 Å². The first-order chi connectivity index (χ1) is 18.8. The number of anilines is 1. The van der Waals surface area contributed by atoms with Gasteiger partial charge in [-0.05, 0) is 26.2 Å². The highest BCUT2D eigenvalue weighted by atomic mass is 16.8. The topological polar surface area (TPSA) is 163 Å². The third kappa shape index (κ3) is 8.11. The van der Waals surface area contributed by atoms with Crippen molar-refractivity contribution in [3.63, 3.8) is 0 Å². The number of carbonyl (C=O) groups is 4. The molecule has 1 aliphatic heterocycles. The molecular weight excluding hydrogens is 508 g/mol. The van der Waals surface area contributed by atoms with E-state index in [-0.39, 0.29) is 57.4 Å². The molecule has 3 N–H and O–H groups in total. The fraction of sp³-hybridized carbons (Fsp3) is 0.462. The fourth-order valence-electron chi connectivity index (χ4n) is 4.02. The van der Waals surface area contributed by atoms with Gasteiger partial charge in [0.05, 0.1) is 19.7 Å². The first kappa shape index (κ1) is 27.8. The Kier molecular flexibility index (Phi) is 9.26. The van der Waals surface area contributed by atoms with E-state index in [0.29, 0.717) is 11.6 Å². The van der Waals surface area contributed by atoms with Crippen LogP contribution < -0.4 is 10.6 Å². The van der Waals surface area contributed by atoms with Crippen LogP contribution in [0.2, 0.25) is 0 Å². The lowest BCUT2D eigenvalue weighted by Gasteiger charge is -2.35. The average Bonchev–Trinajstić information content (AvgIpc) is 3.75. The molecule has 2 heterocycles. The SMILES string of the molecule is CCOC(=O)ON1CCN(C(=O)[C@H](CCC(=O)O)NC(=O)c2cc(NC3CC3)nc(-c3ccccc3)n2)CC1. The van der Waals surface area contributed by atoms with E-state index in [9.17, 15) is 24.3 Å². The van der Waals surface area contributed by atoms with Crippen LogP contribution in [0.15, 0.2) is 36.4 Å². The molecule has 0 bridgehead atoms. The van der Waals surface area contributed by atoms with Crippen molar-refractivity contribution in [3.05, 3.63) is 42.1 Å². The number of carboxylic acids is 1. The summed E-state index contributed by atoms with van der Waals surface area (Å²) in [6.07, 6.45) is 0.796. The molecule has 13 heteroatoms. The van der Waals surface area contributed by atoms with E-state index >= 15 is 0 Å². The molecule has 0 unspecified atom stereocenters. The van der Waals surface area contributed by atoms with E-state index < -0.39 is 30.0 Å². The zero-order chi connectivity index (χ0) is 27.8. The first-order valence-electron chi connectivity index (χ1n) is 12.9. The number of aliphatic carboxylic acids is 1. The van der Waals surface area contributed by atoms with Crippen molar-refractivity contribution in [1.29, 1.82) is 0 Å². The lowest BCUT2D eigenvalue weighted by Crippen LogP contribution is -2.55. The molecule has 1 aliphatic carbocycles. The van der Waals surface area contributed by atoms with E-state index in [4.69, 9.17) is 9.57 Å². The normalized spacial score (nSPS) is 16.2. The monoisotopic (exact) mass is 540 g/mol. The number of carboxylic acid groups (broad SMARTS) is 1. The van der Waals surface area contributed by atoms with E-state index in [1.165, 1.54) is 16.0 Å². The van der Waals surface area contributed by atoms with Crippen LogP contribution >= 0.6 is 0 Å². The van der Waals surface area contributed by atoms with E-state index in [2.05, 4.69) is 20.6 Å². The van der Waals surface area contributed by atoms with Gasteiger partial charge in [-0.15, -0.1) is 5.06 Å². The van der Waals surface area contributed by atoms with Crippen molar-refractivity contribution in [2.75, 3.05) is 38.1 Å². The summed E-state index contributed by atoms with van der Waals surface area (Å²) in [5.41, 5.74) is 0.792. The second kappa shape index (κ2) is 13.0. The van der Waals surface area contributed by atoms with E-state index in [0.717, 1.165) is 18.4 Å². The highest BCUT2D eigenvalue weighted by Crippen LogP contribution is 2.25. The molecule has 2 fully saturated rings. The minimum atomic E-state index is -1.08. The Morgan fingerprint density at radius 1 is 1.08 bits per heavy atom. The van der Waals surface area contributed by atoms with Crippen molar-refractivity contribution in [2.24, 2.45) is 0 Å². The van der Waals surface area contributed by atoms with Crippen LogP contribution in [0.3, 0.4) is 0 Å². The van der Waals surface area contributed by atoms with Gasteiger partial charge in [-0.3, -0.25) is 14.4 Å². The zero-order valence-electron chi connectivity index (χ0n) is 21.7. The number of nitrogens with one attached hydrogen (secondary N) is 2. The summed E-state index contributed by atoms with van der Waals surface area (Å²) in [7, 11) is 0. The van der Waals surface area contributed by atoms with Crippen molar-refractivity contribution in [2.45, 2.75) is 44.7 Å². The van der Waals surface area contributed by atoms with E-state index in [1.807, 2.05) is 30.3 Å². The van der Waals surface area contributed by atoms with Gasteiger partial charge in [0.1, 0.15) is 17.6 Å². The molecule has 13 nitrogen and oxygen atoms in total. The Morgan fingerprint density at radius 3 is 2.44 bits per heavy atom. The number of rotatable bonds is 11. The molecule has 2 amide bonds. The number of aromatic nitrogens is 2. The number of amides is 2. The summed E-state index contributed by atoms with van der Waals surface area (Å²) < 4.78 is 4.77. The summed E-state index contributed by atoms with van der Waals surface area (Å²) in [6, 6.07) is 9.96. The predicted octanol–water partition coefficient (Wildman–Crippen LogP) is 1.91. The summed E-state index contributed by atoms with van der Waals surface area (Å²) in [4.78, 5) is 65.1. The second-order valence-corrected chi connectivity index (χ2v) is 9.23. The smallest absolute Gasteiger partial charge is 0.481 e. The van der Waals surface area contributed by atoms with Crippen LogP contribution in [0.5, 0.6) is 0 Å². The number of ether oxygens (including phenoxy) is 1. The number of hydrogen-bond donors (Lipinski definition) is 3. The van der Waals surface area contributed by atoms with Gasteiger partial charge < -0.3 is 30.2 Å². The molecule has 1 atom stereocenters. The number of nitrogens with zero attached hydrogens (tertiary/aromatic N) is 4. The lowest BCUT2D eigenvalue weighted by atomic mass is 10.1. The van der Waals surface area contributed by atoms with Crippen LogP contribution in [-0.2, 0) is 19.2 Å². The molecule has 0 radical (unpaired) electrons. The Hall–Kier alpha value is -4.26. The van der Waals surface area contributed by atoms with Gasteiger partial charge in [-0.2, -0.15) is 0 Å². The standard InChI is InChI=1S/C26H32N6O7/c1-2-38-26(37)39-32-14-12-31(13-15-32)25(36)19(10-11-22(33)34)29-24(35)20-16-21(27-18-8-9-18)30-23(28-20)17-6-4-3-5-7-17/h3-7,16,18-19H,2,8-15H2,1H3,(H,29,35)(H,33,34)(H,27,28,30)/t19-/m0/s1. The van der Waals surface area contributed by atoms with Crippen molar-refractivity contribution >= 4 is 29.8 Å². The summed E-state index contributed by atoms with van der Waals surface area (Å²) >= 11 is 0. The van der Waals surface area contributed by atoms with Crippen molar-refractivity contribution in [1.82, 2.24) is 25.2 Å². The maximum absolute atomic E-state index is 13.3. The number of benzene rings is 1. The molecule has 1 saturated carbocycles. The van der Waals surface area contributed by atoms with Gasteiger partial charge in [0.2, 0.25) is 5.91 Å². The molecule has 2 aromatic rings. The third-order valence-corrected chi connectivity index (χ3v) is 6.19. The predicted molar refractivity (Wildman–Crippen MR) is 138 cm³/mol. The quantitative estimate of drug-likeness (QED) is 0.357. The number of hydroxylamine groups is 2. The molecule has 0 spiro atoms. The summed E-state index contributed by atoms with van der Waals surface area (Å²) in [6.45, 7) is 2.77. The van der Waals surface area contributed by atoms with Gasteiger partial charge in [-0.25, -0.2) is 14.8 Å². The maximum Gasteiger partial charge on any atom is 0.527 e. The highest BCUT2D eigenvalue weighted by molar-refractivity contribution is 5.97. The molecule has 1 aromatic heterocycles. The van der Waals surface area contributed by atoms with E-state index in [1.54, 1.807) is 6.92 Å². The third-order valence-electron chi connectivity index (χ3n) is 6.19. The van der Waals surface area contributed by atoms with Crippen molar-refractivity contribution < 1.29 is 33.9 Å². The minimum absolute atomic E-state index is 0.0628. The number of piperazine rings is 1. The Balaban J connectivity index is 1.47. The van der Waals surface area contributed by atoms with Gasteiger partial charge in [0.15, 0.2) is 5.82 Å².